The zero-order valence-corrected chi connectivity index (χ0v) is 20.5. The van der Waals surface area contributed by atoms with E-state index in [0.717, 1.165) is 51.5 Å². The van der Waals surface area contributed by atoms with Crippen molar-refractivity contribution in [3.8, 4) is 0 Å². The summed E-state index contributed by atoms with van der Waals surface area (Å²) in [6.07, 6.45) is 4.73. The van der Waals surface area contributed by atoms with Gasteiger partial charge >= 0.3 is 0 Å². The zero-order valence-electron chi connectivity index (χ0n) is 20.5. The summed E-state index contributed by atoms with van der Waals surface area (Å²) in [7, 11) is 1.87. The number of aryl methyl sites for hydroxylation is 1. The molecule has 0 spiro atoms. The third kappa shape index (κ3) is 6.36. The Morgan fingerprint density at radius 1 is 1.06 bits per heavy atom. The highest BCUT2D eigenvalue weighted by molar-refractivity contribution is 5.80. The van der Waals surface area contributed by atoms with Crippen LogP contribution >= 0.6 is 0 Å². The molecule has 2 aromatic rings. The lowest BCUT2D eigenvalue weighted by atomic mass is 9.89. The van der Waals surface area contributed by atoms with E-state index in [1.54, 1.807) is 0 Å². The molecule has 2 aliphatic rings. The van der Waals surface area contributed by atoms with Crippen molar-refractivity contribution in [3.63, 3.8) is 0 Å². The number of ether oxygens (including phenoxy) is 1. The smallest absolute Gasteiger partial charge is 0.191 e. The molecule has 2 aliphatic heterocycles. The van der Waals surface area contributed by atoms with Gasteiger partial charge in [-0.3, -0.25) is 9.89 Å². The summed E-state index contributed by atoms with van der Waals surface area (Å²) in [4.78, 5) is 7.11. The van der Waals surface area contributed by atoms with Gasteiger partial charge in [0, 0.05) is 51.3 Å². The van der Waals surface area contributed by atoms with E-state index >= 15 is 0 Å². The summed E-state index contributed by atoms with van der Waals surface area (Å²) >= 11 is 0. The molecule has 5 nitrogen and oxygen atoms in total. The van der Waals surface area contributed by atoms with Gasteiger partial charge in [-0.15, -0.1) is 0 Å². The topological polar surface area (TPSA) is 48.9 Å². The number of benzene rings is 2. The number of nitrogens with zero attached hydrogens (tertiary/aromatic N) is 2. The molecule has 0 saturated carbocycles. The molecular weight excluding hydrogens is 408 g/mol. The number of hydrogen-bond donors (Lipinski definition) is 2. The third-order valence-electron chi connectivity index (χ3n) is 7.31. The summed E-state index contributed by atoms with van der Waals surface area (Å²) < 4.78 is 6.20. The Morgan fingerprint density at radius 3 is 2.48 bits per heavy atom. The summed E-state index contributed by atoms with van der Waals surface area (Å²) in [6.45, 7) is 8.39. The summed E-state index contributed by atoms with van der Waals surface area (Å²) in [5.41, 5.74) is 3.98. The molecule has 0 amide bonds. The molecule has 0 radical (unpaired) electrons. The molecule has 2 heterocycles. The lowest BCUT2D eigenvalue weighted by Gasteiger charge is -2.37. The summed E-state index contributed by atoms with van der Waals surface area (Å²) in [6, 6.07) is 20.6. The van der Waals surface area contributed by atoms with Crippen molar-refractivity contribution < 1.29 is 4.74 Å². The Morgan fingerprint density at radius 2 is 1.79 bits per heavy atom. The zero-order chi connectivity index (χ0) is 23.0. The molecule has 3 atom stereocenters. The summed E-state index contributed by atoms with van der Waals surface area (Å²) in [5, 5.41) is 7.28. The number of likely N-dealkylation sites (tertiary alicyclic amines) is 1. The van der Waals surface area contributed by atoms with Crippen molar-refractivity contribution in [2.24, 2.45) is 10.9 Å². The number of hydrogen-bond acceptors (Lipinski definition) is 3. The predicted molar refractivity (Wildman–Crippen MR) is 137 cm³/mol. The fourth-order valence-electron chi connectivity index (χ4n) is 5.17. The van der Waals surface area contributed by atoms with E-state index in [2.05, 4.69) is 89.0 Å². The average molecular weight is 449 g/mol. The Hall–Kier alpha value is -2.37. The number of guanidine groups is 1. The number of piperidine rings is 1. The minimum atomic E-state index is 0.160. The molecule has 0 aliphatic carbocycles. The highest BCUT2D eigenvalue weighted by atomic mass is 16.5. The minimum Gasteiger partial charge on any atom is -0.373 e. The van der Waals surface area contributed by atoms with Crippen LogP contribution in [0.25, 0.3) is 0 Å². The number of nitrogens with one attached hydrogen (secondary N) is 2. The van der Waals surface area contributed by atoms with Gasteiger partial charge in [0.15, 0.2) is 5.96 Å². The van der Waals surface area contributed by atoms with E-state index in [1.165, 1.54) is 23.1 Å². The molecule has 4 rings (SSSR count). The second kappa shape index (κ2) is 11.7. The van der Waals surface area contributed by atoms with Crippen LogP contribution in [0.3, 0.4) is 0 Å². The number of aliphatic imine (C=N–C) groups is 1. The van der Waals surface area contributed by atoms with E-state index in [1.807, 2.05) is 7.05 Å². The van der Waals surface area contributed by atoms with E-state index < -0.39 is 0 Å². The molecule has 5 heteroatoms. The number of rotatable bonds is 6. The molecule has 178 valence electrons. The SMILES string of the molecule is CN=C(NCC1CCCOC1c1ccc(C)cc1)NC1CCN(C(C)c2ccccc2)CC1. The van der Waals surface area contributed by atoms with Gasteiger partial charge in [0.25, 0.3) is 0 Å². The van der Waals surface area contributed by atoms with Crippen molar-refractivity contribution in [3.05, 3.63) is 71.3 Å². The molecule has 33 heavy (non-hydrogen) atoms. The molecule has 0 aromatic heterocycles. The highest BCUT2D eigenvalue weighted by Crippen LogP contribution is 2.33. The van der Waals surface area contributed by atoms with Gasteiger partial charge in [-0.1, -0.05) is 60.2 Å². The van der Waals surface area contributed by atoms with Crippen LogP contribution in [0.15, 0.2) is 59.6 Å². The Balaban J connectivity index is 1.26. The van der Waals surface area contributed by atoms with Gasteiger partial charge in [-0.25, -0.2) is 0 Å². The first-order valence-electron chi connectivity index (χ1n) is 12.6. The van der Waals surface area contributed by atoms with Crippen LogP contribution in [0.5, 0.6) is 0 Å². The highest BCUT2D eigenvalue weighted by Gasteiger charge is 2.28. The Bertz CT molecular complexity index is 875. The molecule has 2 N–H and O–H groups in total. The van der Waals surface area contributed by atoms with Crippen molar-refractivity contribution >= 4 is 5.96 Å². The van der Waals surface area contributed by atoms with E-state index in [0.29, 0.717) is 18.0 Å². The minimum absolute atomic E-state index is 0.160. The van der Waals surface area contributed by atoms with Gasteiger partial charge < -0.3 is 15.4 Å². The van der Waals surface area contributed by atoms with Crippen molar-refractivity contribution in [1.82, 2.24) is 15.5 Å². The van der Waals surface area contributed by atoms with Crippen LogP contribution in [0.2, 0.25) is 0 Å². The molecule has 2 fully saturated rings. The van der Waals surface area contributed by atoms with Crippen molar-refractivity contribution in [2.75, 3.05) is 33.3 Å². The van der Waals surface area contributed by atoms with E-state index in [4.69, 9.17) is 4.74 Å². The van der Waals surface area contributed by atoms with Crippen LogP contribution in [-0.4, -0.2) is 50.2 Å². The molecule has 0 bridgehead atoms. The third-order valence-corrected chi connectivity index (χ3v) is 7.31. The predicted octanol–water partition coefficient (Wildman–Crippen LogP) is 4.85. The van der Waals surface area contributed by atoms with Gasteiger partial charge in [0.2, 0.25) is 0 Å². The quantitative estimate of drug-likeness (QED) is 0.490. The van der Waals surface area contributed by atoms with Crippen LogP contribution in [0.4, 0.5) is 0 Å². The standard InChI is InChI=1S/C28H40N4O/c1-21-11-13-24(14-12-21)27-25(10-7-19-33-27)20-30-28(29-3)31-26-15-17-32(18-16-26)22(2)23-8-5-4-6-9-23/h4-6,8-9,11-14,22,25-27H,7,10,15-20H2,1-3H3,(H2,29,30,31). The first-order valence-corrected chi connectivity index (χ1v) is 12.6. The first kappa shape index (κ1) is 23.8. The van der Waals surface area contributed by atoms with Crippen LogP contribution in [-0.2, 0) is 4.74 Å². The van der Waals surface area contributed by atoms with Gasteiger partial charge in [0.05, 0.1) is 6.10 Å². The molecular formula is C28H40N4O. The maximum absolute atomic E-state index is 6.20. The lowest BCUT2D eigenvalue weighted by molar-refractivity contribution is -0.0265. The fourth-order valence-corrected chi connectivity index (χ4v) is 5.17. The van der Waals surface area contributed by atoms with E-state index in [9.17, 15) is 0 Å². The fraction of sp³-hybridized carbons (Fsp3) is 0.536. The molecule has 2 aromatic carbocycles. The Labute approximate surface area is 199 Å². The summed E-state index contributed by atoms with van der Waals surface area (Å²) in [5.74, 6) is 1.37. The molecule has 2 saturated heterocycles. The second-order valence-corrected chi connectivity index (χ2v) is 9.60. The molecule has 3 unspecified atom stereocenters. The van der Waals surface area contributed by atoms with Crippen LogP contribution in [0.1, 0.15) is 61.4 Å². The first-order chi connectivity index (χ1) is 16.1. The van der Waals surface area contributed by atoms with Gasteiger partial charge in [-0.2, -0.15) is 0 Å². The normalized spacial score (nSPS) is 23.8. The van der Waals surface area contributed by atoms with Gasteiger partial charge in [0.1, 0.15) is 0 Å². The average Bonchev–Trinajstić information content (AvgIpc) is 2.88. The Kier molecular flexibility index (Phi) is 8.40. The van der Waals surface area contributed by atoms with Crippen LogP contribution < -0.4 is 10.6 Å². The van der Waals surface area contributed by atoms with E-state index in [-0.39, 0.29) is 6.10 Å². The van der Waals surface area contributed by atoms with Crippen molar-refractivity contribution in [1.29, 1.82) is 0 Å². The van der Waals surface area contributed by atoms with Gasteiger partial charge in [-0.05, 0) is 50.7 Å². The largest absolute Gasteiger partial charge is 0.373 e. The maximum atomic E-state index is 6.20. The monoisotopic (exact) mass is 448 g/mol. The van der Waals surface area contributed by atoms with Crippen LogP contribution in [0, 0.1) is 12.8 Å². The lowest BCUT2D eigenvalue weighted by Crippen LogP contribution is -2.50. The maximum Gasteiger partial charge on any atom is 0.191 e. The second-order valence-electron chi connectivity index (χ2n) is 9.60. The van der Waals surface area contributed by atoms with Crippen molar-refractivity contribution in [2.45, 2.75) is 57.7 Å².